The lowest BCUT2D eigenvalue weighted by molar-refractivity contribution is 0.330. The minimum atomic E-state index is -3.25. The van der Waals surface area contributed by atoms with Crippen LogP contribution < -0.4 is 0 Å². The van der Waals surface area contributed by atoms with Crippen LogP contribution in [0.15, 0.2) is 24.3 Å². The second kappa shape index (κ2) is 5.36. The maximum absolute atomic E-state index is 13.3. The Balaban J connectivity index is 2.37. The summed E-state index contributed by atoms with van der Waals surface area (Å²) < 4.78 is 38.5. The Morgan fingerprint density at radius 1 is 1.28 bits per heavy atom. The van der Waals surface area contributed by atoms with Crippen LogP contribution in [-0.4, -0.2) is 25.5 Å². The van der Waals surface area contributed by atoms with E-state index in [1.54, 1.807) is 12.1 Å². The predicted octanol–water partition coefficient (Wildman–Crippen LogP) is 2.70. The Morgan fingerprint density at radius 3 is 2.72 bits per heavy atom. The van der Waals surface area contributed by atoms with Crippen molar-refractivity contribution in [2.45, 2.75) is 31.7 Å². The van der Waals surface area contributed by atoms with Gasteiger partial charge in [-0.3, -0.25) is 0 Å². The molecule has 1 unspecified atom stereocenters. The molecule has 100 valence electrons. The van der Waals surface area contributed by atoms with Crippen molar-refractivity contribution >= 4 is 10.0 Å². The molecule has 0 radical (unpaired) electrons. The molecule has 0 bridgehead atoms. The molecule has 0 N–H and O–H groups in total. The molecule has 1 aromatic rings. The number of hydrogen-bond donors (Lipinski definition) is 0. The van der Waals surface area contributed by atoms with Crippen LogP contribution in [0.4, 0.5) is 4.39 Å². The topological polar surface area (TPSA) is 37.4 Å². The first-order valence-electron chi connectivity index (χ1n) is 6.21. The highest BCUT2D eigenvalue weighted by Crippen LogP contribution is 2.32. The van der Waals surface area contributed by atoms with Gasteiger partial charge in [-0.05, 0) is 30.5 Å². The van der Waals surface area contributed by atoms with E-state index in [1.165, 1.54) is 22.7 Å². The monoisotopic (exact) mass is 271 g/mol. The van der Waals surface area contributed by atoms with Gasteiger partial charge in [0.2, 0.25) is 10.0 Å². The van der Waals surface area contributed by atoms with Crippen molar-refractivity contribution in [1.82, 2.24) is 4.31 Å². The van der Waals surface area contributed by atoms with E-state index in [0.717, 1.165) is 31.2 Å². The van der Waals surface area contributed by atoms with E-state index in [9.17, 15) is 12.8 Å². The van der Waals surface area contributed by atoms with Crippen molar-refractivity contribution in [3.8, 4) is 0 Å². The number of hydrogen-bond acceptors (Lipinski definition) is 2. The highest BCUT2D eigenvalue weighted by molar-refractivity contribution is 7.88. The Bertz CT molecular complexity index is 515. The molecule has 0 spiro atoms. The zero-order chi connectivity index (χ0) is 13.2. The molecule has 18 heavy (non-hydrogen) atoms. The number of nitrogens with zero attached hydrogens (tertiary/aromatic N) is 1. The van der Waals surface area contributed by atoms with Gasteiger partial charge in [0.25, 0.3) is 0 Å². The molecule has 1 aliphatic rings. The third-order valence-electron chi connectivity index (χ3n) is 3.36. The van der Waals surface area contributed by atoms with Gasteiger partial charge in [-0.1, -0.05) is 25.0 Å². The fourth-order valence-corrected chi connectivity index (χ4v) is 3.68. The summed E-state index contributed by atoms with van der Waals surface area (Å²) in [4.78, 5) is 0. The normalized spacial score (nSPS) is 22.7. The SMILES string of the molecule is CS(=O)(=O)N1CCCCCC1c1cccc(F)c1. The van der Waals surface area contributed by atoms with Crippen LogP contribution in [0, 0.1) is 5.82 Å². The maximum atomic E-state index is 13.3. The van der Waals surface area contributed by atoms with Gasteiger partial charge in [-0.15, -0.1) is 0 Å². The van der Waals surface area contributed by atoms with E-state index in [1.807, 2.05) is 0 Å². The van der Waals surface area contributed by atoms with E-state index in [4.69, 9.17) is 0 Å². The van der Waals surface area contributed by atoms with Crippen LogP contribution in [-0.2, 0) is 10.0 Å². The summed E-state index contributed by atoms with van der Waals surface area (Å²) in [5.41, 5.74) is 0.752. The number of benzene rings is 1. The van der Waals surface area contributed by atoms with Crippen LogP contribution in [0.3, 0.4) is 0 Å². The summed E-state index contributed by atoms with van der Waals surface area (Å²) >= 11 is 0. The molecular formula is C13H18FNO2S. The third-order valence-corrected chi connectivity index (χ3v) is 4.65. The molecule has 1 aliphatic heterocycles. The Kier molecular flexibility index (Phi) is 4.02. The summed E-state index contributed by atoms with van der Waals surface area (Å²) in [5, 5.41) is 0. The van der Waals surface area contributed by atoms with Crippen molar-refractivity contribution in [1.29, 1.82) is 0 Å². The summed E-state index contributed by atoms with van der Waals surface area (Å²) in [6.45, 7) is 0.528. The largest absolute Gasteiger partial charge is 0.212 e. The lowest BCUT2D eigenvalue weighted by Crippen LogP contribution is -2.33. The minimum absolute atomic E-state index is 0.224. The summed E-state index contributed by atoms with van der Waals surface area (Å²) in [6.07, 6.45) is 4.87. The highest BCUT2D eigenvalue weighted by atomic mass is 32.2. The van der Waals surface area contributed by atoms with E-state index < -0.39 is 10.0 Å². The Labute approximate surface area is 108 Å². The zero-order valence-corrected chi connectivity index (χ0v) is 11.3. The second-order valence-corrected chi connectivity index (χ2v) is 6.73. The van der Waals surface area contributed by atoms with Gasteiger partial charge in [-0.2, -0.15) is 4.31 Å². The minimum Gasteiger partial charge on any atom is -0.212 e. The molecule has 0 amide bonds. The van der Waals surface area contributed by atoms with Crippen molar-refractivity contribution in [2.75, 3.05) is 12.8 Å². The molecule has 1 aromatic carbocycles. The number of halogens is 1. The highest BCUT2D eigenvalue weighted by Gasteiger charge is 2.29. The van der Waals surface area contributed by atoms with Crippen molar-refractivity contribution in [3.63, 3.8) is 0 Å². The van der Waals surface area contributed by atoms with Crippen LogP contribution in [0.1, 0.15) is 37.3 Å². The smallest absolute Gasteiger partial charge is 0.211 e. The molecule has 2 rings (SSSR count). The van der Waals surface area contributed by atoms with Crippen LogP contribution >= 0.6 is 0 Å². The van der Waals surface area contributed by atoms with Gasteiger partial charge >= 0.3 is 0 Å². The van der Waals surface area contributed by atoms with Gasteiger partial charge < -0.3 is 0 Å². The van der Waals surface area contributed by atoms with Crippen molar-refractivity contribution in [2.24, 2.45) is 0 Å². The molecule has 1 fully saturated rings. The predicted molar refractivity (Wildman–Crippen MR) is 69.2 cm³/mol. The second-order valence-electron chi connectivity index (χ2n) is 4.79. The van der Waals surface area contributed by atoms with Crippen LogP contribution in [0.5, 0.6) is 0 Å². The van der Waals surface area contributed by atoms with Gasteiger partial charge in [0.15, 0.2) is 0 Å². The maximum Gasteiger partial charge on any atom is 0.211 e. The lowest BCUT2D eigenvalue weighted by Gasteiger charge is -2.28. The molecule has 5 heteroatoms. The lowest BCUT2D eigenvalue weighted by atomic mass is 10.0. The van der Waals surface area contributed by atoms with E-state index >= 15 is 0 Å². The van der Waals surface area contributed by atoms with E-state index in [2.05, 4.69) is 0 Å². The fraction of sp³-hybridized carbons (Fsp3) is 0.538. The third kappa shape index (κ3) is 3.09. The Morgan fingerprint density at radius 2 is 2.06 bits per heavy atom. The molecule has 0 saturated carbocycles. The van der Waals surface area contributed by atoms with Crippen molar-refractivity contribution < 1.29 is 12.8 Å². The molecule has 3 nitrogen and oxygen atoms in total. The first-order chi connectivity index (χ1) is 8.48. The molecule has 0 aromatic heterocycles. The van der Waals surface area contributed by atoms with Gasteiger partial charge in [0.1, 0.15) is 5.82 Å². The number of rotatable bonds is 2. The fourth-order valence-electron chi connectivity index (χ4n) is 2.53. The first kappa shape index (κ1) is 13.5. The summed E-state index contributed by atoms with van der Waals surface area (Å²) in [7, 11) is -3.25. The first-order valence-corrected chi connectivity index (χ1v) is 8.05. The van der Waals surface area contributed by atoms with Gasteiger partial charge in [0, 0.05) is 12.6 Å². The van der Waals surface area contributed by atoms with Crippen LogP contribution in [0.25, 0.3) is 0 Å². The standard InChI is InChI=1S/C13H18FNO2S/c1-18(16,17)15-9-4-2-3-8-13(15)11-6-5-7-12(14)10-11/h5-7,10,13H,2-4,8-9H2,1H3. The van der Waals surface area contributed by atoms with E-state index in [-0.39, 0.29) is 11.9 Å². The van der Waals surface area contributed by atoms with Crippen molar-refractivity contribution in [3.05, 3.63) is 35.6 Å². The Hall–Kier alpha value is -0.940. The average molecular weight is 271 g/mol. The average Bonchev–Trinajstić information content (AvgIpc) is 2.53. The van der Waals surface area contributed by atoms with Gasteiger partial charge in [0.05, 0.1) is 6.26 Å². The summed E-state index contributed by atoms with van der Waals surface area (Å²) in [5.74, 6) is -0.315. The quantitative estimate of drug-likeness (QED) is 0.829. The molecule has 1 heterocycles. The molecule has 1 atom stereocenters. The molecule has 1 saturated heterocycles. The van der Waals surface area contributed by atoms with E-state index in [0.29, 0.717) is 6.54 Å². The van der Waals surface area contributed by atoms with Gasteiger partial charge in [-0.25, -0.2) is 12.8 Å². The summed E-state index contributed by atoms with van der Waals surface area (Å²) in [6, 6.07) is 6.03. The zero-order valence-electron chi connectivity index (χ0n) is 10.5. The molecule has 0 aliphatic carbocycles. The molecular weight excluding hydrogens is 253 g/mol. The number of sulfonamides is 1. The van der Waals surface area contributed by atoms with Crippen LogP contribution in [0.2, 0.25) is 0 Å².